The van der Waals surface area contributed by atoms with Gasteiger partial charge in [-0.3, -0.25) is 9.59 Å². The average molecular weight is 590 g/mol. The topological polar surface area (TPSA) is 120 Å². The van der Waals surface area contributed by atoms with Crippen LogP contribution in [0.15, 0.2) is 51.7 Å². The average Bonchev–Trinajstić information content (AvgIpc) is 2.88. The number of nitrogens with zero attached hydrogens (tertiary/aromatic N) is 1. The van der Waals surface area contributed by atoms with Crippen LogP contribution < -0.4 is 10.2 Å². The number of carbonyl (C=O) groups is 2. The predicted octanol–water partition coefficient (Wildman–Crippen LogP) is 4.64. The SMILES string of the molecule is CCOC(=O)C(=O)N(CCCOc1cc(C(F)(F)F)ccc1-c1cc(=O)c2cccc(Cl)c2o1)S(=O)(=O)CC. The Morgan fingerprint density at radius 1 is 1.10 bits per heavy atom. The van der Waals surface area contributed by atoms with Gasteiger partial charge >= 0.3 is 18.1 Å². The van der Waals surface area contributed by atoms with Gasteiger partial charge in [0.25, 0.3) is 0 Å². The fraction of sp³-hybridized carbons (Fsp3) is 0.320. The normalized spacial score (nSPS) is 11.8. The monoisotopic (exact) mass is 589 g/mol. The first-order valence-electron chi connectivity index (χ1n) is 11.6. The molecule has 3 aromatic rings. The second-order valence-corrected chi connectivity index (χ2v) is 10.6. The lowest BCUT2D eigenvalue weighted by Crippen LogP contribution is -2.43. The second-order valence-electron chi connectivity index (χ2n) is 8.00. The van der Waals surface area contributed by atoms with E-state index in [0.717, 1.165) is 18.2 Å². The van der Waals surface area contributed by atoms with E-state index in [0.29, 0.717) is 10.4 Å². The van der Waals surface area contributed by atoms with Crippen molar-refractivity contribution in [1.29, 1.82) is 0 Å². The molecule has 0 fully saturated rings. The van der Waals surface area contributed by atoms with Crippen LogP contribution >= 0.6 is 11.6 Å². The molecule has 0 saturated heterocycles. The first-order valence-corrected chi connectivity index (χ1v) is 13.6. The van der Waals surface area contributed by atoms with Crippen LogP contribution in [0.3, 0.4) is 0 Å². The van der Waals surface area contributed by atoms with Gasteiger partial charge in [0.1, 0.15) is 11.5 Å². The molecule has 0 bridgehead atoms. The zero-order valence-electron chi connectivity index (χ0n) is 20.7. The van der Waals surface area contributed by atoms with Crippen molar-refractivity contribution in [1.82, 2.24) is 4.31 Å². The summed E-state index contributed by atoms with van der Waals surface area (Å²) in [6, 6.07) is 8.15. The highest BCUT2D eigenvalue weighted by atomic mass is 35.5. The van der Waals surface area contributed by atoms with E-state index in [9.17, 15) is 36.0 Å². The Hall–Kier alpha value is -3.58. The maximum absolute atomic E-state index is 13.4. The molecule has 0 aliphatic rings. The molecule has 1 amide bonds. The number of esters is 1. The minimum Gasteiger partial charge on any atom is -0.493 e. The molecular formula is C25H23ClF3NO8S. The van der Waals surface area contributed by atoms with Crippen molar-refractivity contribution in [2.75, 3.05) is 25.5 Å². The number of para-hydroxylation sites is 1. The van der Waals surface area contributed by atoms with Gasteiger partial charge in [0, 0.05) is 19.0 Å². The van der Waals surface area contributed by atoms with Crippen LogP contribution in [0, 0.1) is 0 Å². The van der Waals surface area contributed by atoms with E-state index in [1.807, 2.05) is 0 Å². The Bertz CT molecular complexity index is 1550. The molecule has 0 aliphatic carbocycles. The van der Waals surface area contributed by atoms with Gasteiger partial charge in [-0.05, 0) is 44.2 Å². The van der Waals surface area contributed by atoms with Gasteiger partial charge in [0.2, 0.25) is 10.0 Å². The zero-order valence-corrected chi connectivity index (χ0v) is 22.3. The number of fused-ring (bicyclic) bond motifs is 1. The molecular weight excluding hydrogens is 567 g/mol. The van der Waals surface area contributed by atoms with Gasteiger partial charge < -0.3 is 13.9 Å². The number of hydrogen-bond donors (Lipinski definition) is 0. The maximum Gasteiger partial charge on any atom is 0.416 e. The summed E-state index contributed by atoms with van der Waals surface area (Å²) in [5, 5.41) is 0.286. The molecule has 1 heterocycles. The quantitative estimate of drug-likeness (QED) is 0.201. The summed E-state index contributed by atoms with van der Waals surface area (Å²) in [5.41, 5.74) is -1.50. The Balaban J connectivity index is 1.92. The van der Waals surface area contributed by atoms with E-state index in [1.165, 1.54) is 26.0 Å². The van der Waals surface area contributed by atoms with E-state index >= 15 is 0 Å². The molecule has 3 rings (SSSR count). The van der Waals surface area contributed by atoms with E-state index in [1.54, 1.807) is 6.07 Å². The lowest BCUT2D eigenvalue weighted by Gasteiger charge is -2.21. The molecule has 39 heavy (non-hydrogen) atoms. The number of ether oxygens (including phenoxy) is 2. The number of carbonyl (C=O) groups excluding carboxylic acids is 2. The first-order chi connectivity index (χ1) is 18.3. The third kappa shape index (κ3) is 6.90. The largest absolute Gasteiger partial charge is 0.493 e. The highest BCUT2D eigenvalue weighted by Crippen LogP contribution is 2.38. The first kappa shape index (κ1) is 30.0. The number of hydrogen-bond acceptors (Lipinski definition) is 8. The van der Waals surface area contributed by atoms with Crippen LogP contribution in [0.2, 0.25) is 5.02 Å². The molecule has 210 valence electrons. The summed E-state index contributed by atoms with van der Waals surface area (Å²) >= 11 is 6.13. The molecule has 0 radical (unpaired) electrons. The third-order valence-electron chi connectivity index (χ3n) is 5.42. The van der Waals surface area contributed by atoms with E-state index in [-0.39, 0.29) is 52.7 Å². The van der Waals surface area contributed by atoms with Crippen molar-refractivity contribution < 1.29 is 45.1 Å². The molecule has 2 aromatic carbocycles. The number of benzene rings is 2. The van der Waals surface area contributed by atoms with Crippen molar-refractivity contribution in [3.05, 3.63) is 63.3 Å². The summed E-state index contributed by atoms with van der Waals surface area (Å²) in [6.07, 6.45) is -4.91. The molecule has 14 heteroatoms. The number of halogens is 4. The highest BCUT2D eigenvalue weighted by molar-refractivity contribution is 7.89. The van der Waals surface area contributed by atoms with Gasteiger partial charge in [-0.15, -0.1) is 0 Å². The standard InChI is InChI=1S/C25H23ClF3NO8S/c1-3-36-24(33)23(32)30(39(34,35)4-2)11-6-12-37-20-13-15(25(27,28)29)9-10-17(20)21-14-19(31)16-7-5-8-18(26)22(16)38-21/h5,7-10,13-14H,3-4,6,11-12H2,1-2H3. The summed E-state index contributed by atoms with van der Waals surface area (Å²) in [6.45, 7) is 1.70. The molecule has 0 N–H and O–H groups in total. The smallest absolute Gasteiger partial charge is 0.416 e. The fourth-order valence-electron chi connectivity index (χ4n) is 3.50. The van der Waals surface area contributed by atoms with E-state index in [4.69, 9.17) is 20.8 Å². The molecule has 0 spiro atoms. The van der Waals surface area contributed by atoms with Crippen molar-refractivity contribution in [3.8, 4) is 17.1 Å². The number of rotatable bonds is 9. The van der Waals surface area contributed by atoms with Gasteiger partial charge in [-0.1, -0.05) is 17.7 Å². The summed E-state index contributed by atoms with van der Waals surface area (Å²) < 4.78 is 81.2. The van der Waals surface area contributed by atoms with Crippen LogP contribution in [0.4, 0.5) is 13.2 Å². The minimum absolute atomic E-state index is 0.00237. The number of sulfonamides is 1. The van der Waals surface area contributed by atoms with Crippen LogP contribution in [0.5, 0.6) is 5.75 Å². The lowest BCUT2D eigenvalue weighted by atomic mass is 10.1. The fourth-order valence-corrected chi connectivity index (χ4v) is 4.76. The second kappa shape index (κ2) is 12.1. The van der Waals surface area contributed by atoms with Gasteiger partial charge in [0.15, 0.2) is 11.0 Å². The van der Waals surface area contributed by atoms with E-state index in [2.05, 4.69) is 4.74 Å². The van der Waals surface area contributed by atoms with E-state index < -0.39 is 51.4 Å². The summed E-state index contributed by atoms with van der Waals surface area (Å²) in [7, 11) is -4.16. The number of alkyl halides is 3. The molecule has 9 nitrogen and oxygen atoms in total. The van der Waals surface area contributed by atoms with Gasteiger partial charge in [-0.2, -0.15) is 13.2 Å². The maximum atomic E-state index is 13.4. The summed E-state index contributed by atoms with van der Waals surface area (Å²) in [5.74, 6) is -3.67. The third-order valence-corrected chi connectivity index (χ3v) is 7.47. The summed E-state index contributed by atoms with van der Waals surface area (Å²) in [4.78, 5) is 36.7. The molecule has 0 aliphatic heterocycles. The Kier molecular flexibility index (Phi) is 9.28. The highest BCUT2D eigenvalue weighted by Gasteiger charge is 2.33. The van der Waals surface area contributed by atoms with Crippen molar-refractivity contribution in [2.45, 2.75) is 26.4 Å². The molecule has 1 aromatic heterocycles. The van der Waals surface area contributed by atoms with Crippen molar-refractivity contribution in [2.24, 2.45) is 0 Å². The van der Waals surface area contributed by atoms with Gasteiger partial charge in [0.05, 0.1) is 40.5 Å². The Morgan fingerprint density at radius 3 is 2.46 bits per heavy atom. The predicted molar refractivity (Wildman–Crippen MR) is 136 cm³/mol. The Labute approximate surface area is 226 Å². The van der Waals surface area contributed by atoms with Crippen LogP contribution in [0.25, 0.3) is 22.3 Å². The molecule has 0 saturated carbocycles. The van der Waals surface area contributed by atoms with Crippen LogP contribution in [0.1, 0.15) is 25.8 Å². The van der Waals surface area contributed by atoms with Crippen molar-refractivity contribution >= 4 is 44.5 Å². The Morgan fingerprint density at radius 2 is 1.82 bits per heavy atom. The van der Waals surface area contributed by atoms with Gasteiger partial charge in [-0.25, -0.2) is 17.5 Å². The molecule has 0 unspecified atom stereocenters. The number of amides is 1. The van der Waals surface area contributed by atoms with Crippen LogP contribution in [-0.2, 0) is 30.5 Å². The zero-order chi connectivity index (χ0) is 29.0. The molecule has 0 atom stereocenters. The minimum atomic E-state index is -4.72. The van der Waals surface area contributed by atoms with Crippen molar-refractivity contribution in [3.63, 3.8) is 0 Å². The lowest BCUT2D eigenvalue weighted by molar-refractivity contribution is -0.157. The van der Waals surface area contributed by atoms with Crippen LogP contribution in [-0.4, -0.2) is 50.1 Å².